The van der Waals surface area contributed by atoms with Gasteiger partial charge < -0.3 is 75.8 Å². The van der Waals surface area contributed by atoms with Crippen LogP contribution in [0, 0.1) is 5.41 Å². The highest BCUT2D eigenvalue weighted by molar-refractivity contribution is 4.83. The van der Waals surface area contributed by atoms with Crippen LogP contribution in [-0.4, -0.2) is 209 Å². The van der Waals surface area contributed by atoms with Crippen LogP contribution in [0.15, 0.2) is 0 Å². The molecule has 69 heavy (non-hydrogen) atoms. The van der Waals surface area contributed by atoms with Gasteiger partial charge in [0.2, 0.25) is 0 Å². The van der Waals surface area contributed by atoms with Gasteiger partial charge in [-0.1, -0.05) is 81.1 Å². The quantitative estimate of drug-likeness (QED) is 0.0536. The summed E-state index contributed by atoms with van der Waals surface area (Å²) in [6.45, 7) is 29.6. The first kappa shape index (κ1) is 68.4. The minimum Gasteiger partial charge on any atom is -0.379 e. The monoisotopic (exact) mass is 1000 g/mol. The van der Waals surface area contributed by atoms with Crippen molar-refractivity contribution < 1.29 is 75.8 Å². The van der Waals surface area contributed by atoms with Crippen LogP contribution in [0.25, 0.3) is 0 Å². The van der Waals surface area contributed by atoms with Crippen molar-refractivity contribution in [1.82, 2.24) is 0 Å². The Morgan fingerprint density at radius 3 is 0.594 bits per heavy atom. The summed E-state index contributed by atoms with van der Waals surface area (Å²) in [5.74, 6) is 0. The average molecular weight is 1000 g/mol. The van der Waals surface area contributed by atoms with Crippen molar-refractivity contribution in [3.63, 3.8) is 0 Å². The van der Waals surface area contributed by atoms with Crippen molar-refractivity contribution in [3.8, 4) is 0 Å². The Morgan fingerprint density at radius 1 is 0.217 bits per heavy atom. The standard InChI is InChI=1S/C53H108O16/c1-9-17-25-58-37-49(38-59-26-18-10-2)66-45-53(46-67-50(39-60-27-19-11-3)40-61-28-20-12-4,47-68-51(41-62-33-29-54-21-13-5)42-63-34-30-55-22-14-6)48-69-52(43-64-35-31-56-23-15-7)44-65-36-32-57-24-16-8/h49-52H,9-48H2,1-8H3. The van der Waals surface area contributed by atoms with Crippen molar-refractivity contribution in [2.75, 3.05) is 185 Å². The van der Waals surface area contributed by atoms with Gasteiger partial charge in [-0.15, -0.1) is 0 Å². The summed E-state index contributed by atoms with van der Waals surface area (Å²) >= 11 is 0. The molecule has 16 nitrogen and oxygen atoms in total. The highest BCUT2D eigenvalue weighted by Crippen LogP contribution is 2.25. The Kier molecular flexibility index (Phi) is 54.6. The summed E-state index contributed by atoms with van der Waals surface area (Å²) in [6.07, 6.45) is 10.3. The maximum atomic E-state index is 6.89. The first-order valence-corrected chi connectivity index (χ1v) is 27.4. The summed E-state index contributed by atoms with van der Waals surface area (Å²) in [7, 11) is 0. The molecule has 416 valence electrons. The fraction of sp³-hybridized carbons (Fsp3) is 1.00. The van der Waals surface area contributed by atoms with E-state index in [9.17, 15) is 0 Å². The maximum Gasteiger partial charge on any atom is 0.104 e. The van der Waals surface area contributed by atoms with E-state index in [0.29, 0.717) is 159 Å². The molecule has 0 unspecified atom stereocenters. The molecule has 0 spiro atoms. The third-order valence-corrected chi connectivity index (χ3v) is 10.4. The van der Waals surface area contributed by atoms with Gasteiger partial charge in [-0.3, -0.25) is 0 Å². The van der Waals surface area contributed by atoms with Crippen LogP contribution in [0.2, 0.25) is 0 Å². The Labute approximate surface area is 422 Å². The van der Waals surface area contributed by atoms with E-state index < -0.39 is 17.6 Å². The third kappa shape index (κ3) is 45.7. The molecular weight excluding hydrogens is 893 g/mol. The largest absolute Gasteiger partial charge is 0.379 e. The van der Waals surface area contributed by atoms with E-state index in [-0.39, 0.29) is 38.6 Å². The Balaban J connectivity index is 7.05. The number of hydrogen-bond donors (Lipinski definition) is 0. The molecular formula is C53H108O16. The lowest BCUT2D eigenvalue weighted by Gasteiger charge is -2.37. The normalized spacial score (nSPS) is 12.3. The second-order valence-electron chi connectivity index (χ2n) is 17.7. The highest BCUT2D eigenvalue weighted by Gasteiger charge is 2.37. The lowest BCUT2D eigenvalue weighted by atomic mass is 9.91. The van der Waals surface area contributed by atoms with Gasteiger partial charge in [0, 0.05) is 52.9 Å². The topological polar surface area (TPSA) is 148 Å². The summed E-state index contributed by atoms with van der Waals surface area (Å²) in [5.41, 5.74) is -0.865. The molecule has 0 bridgehead atoms. The van der Waals surface area contributed by atoms with Crippen molar-refractivity contribution in [3.05, 3.63) is 0 Å². The molecule has 0 saturated heterocycles. The van der Waals surface area contributed by atoms with Crippen LogP contribution in [0.4, 0.5) is 0 Å². The molecule has 0 fully saturated rings. The Hall–Kier alpha value is -0.640. The molecule has 16 heteroatoms. The molecule has 0 aliphatic carbocycles. The number of rotatable bonds is 60. The van der Waals surface area contributed by atoms with Crippen LogP contribution in [0.1, 0.15) is 132 Å². The zero-order chi connectivity index (χ0) is 50.4. The first-order chi connectivity index (χ1) is 34.0. The second kappa shape index (κ2) is 55.1. The van der Waals surface area contributed by atoms with Gasteiger partial charge in [0.1, 0.15) is 24.4 Å². The van der Waals surface area contributed by atoms with E-state index in [1.54, 1.807) is 0 Å². The molecule has 0 rings (SSSR count). The Bertz CT molecular complexity index is 841. The van der Waals surface area contributed by atoms with Crippen LogP contribution in [-0.2, 0) is 75.8 Å². The molecule has 0 amide bonds. The number of hydrogen-bond acceptors (Lipinski definition) is 16. The minimum atomic E-state index is -0.865. The van der Waals surface area contributed by atoms with E-state index in [0.717, 1.165) is 77.0 Å². The van der Waals surface area contributed by atoms with E-state index in [2.05, 4.69) is 55.4 Å². The second-order valence-corrected chi connectivity index (χ2v) is 17.7. The summed E-state index contributed by atoms with van der Waals surface area (Å²) < 4.78 is 99.6. The summed E-state index contributed by atoms with van der Waals surface area (Å²) in [4.78, 5) is 0. The van der Waals surface area contributed by atoms with Crippen molar-refractivity contribution in [2.45, 2.75) is 157 Å². The fourth-order valence-corrected chi connectivity index (χ4v) is 6.17. The van der Waals surface area contributed by atoms with Gasteiger partial charge >= 0.3 is 0 Å². The highest BCUT2D eigenvalue weighted by atomic mass is 16.6. The average Bonchev–Trinajstić information content (AvgIpc) is 3.36. The minimum absolute atomic E-state index is 0.188. The van der Waals surface area contributed by atoms with E-state index >= 15 is 0 Å². The van der Waals surface area contributed by atoms with Gasteiger partial charge in [-0.05, 0) is 51.4 Å². The predicted octanol–water partition coefficient (Wildman–Crippen LogP) is 8.55. The van der Waals surface area contributed by atoms with Gasteiger partial charge in [-0.25, -0.2) is 0 Å². The number of ether oxygens (including phenoxy) is 16. The maximum absolute atomic E-state index is 6.89. The van der Waals surface area contributed by atoms with Crippen LogP contribution >= 0.6 is 0 Å². The SMILES string of the molecule is CCCCOCC(COCCCC)OCC(COC(COCCCC)COCCCC)(COC(COCCOCCC)COCCOCCC)COC(COCCOCCC)COCCOCCC. The van der Waals surface area contributed by atoms with Crippen molar-refractivity contribution in [2.24, 2.45) is 5.41 Å². The van der Waals surface area contributed by atoms with Crippen LogP contribution in [0.5, 0.6) is 0 Å². The zero-order valence-electron chi connectivity index (χ0n) is 45.6. The molecule has 0 atom stereocenters. The summed E-state index contributed by atoms with van der Waals surface area (Å²) in [5, 5.41) is 0. The van der Waals surface area contributed by atoms with Gasteiger partial charge in [0.25, 0.3) is 0 Å². The fourth-order valence-electron chi connectivity index (χ4n) is 6.17. The molecule has 0 saturated carbocycles. The molecule has 0 aliphatic rings. The van der Waals surface area contributed by atoms with E-state index in [1.165, 1.54) is 0 Å². The first-order valence-electron chi connectivity index (χ1n) is 27.4. The van der Waals surface area contributed by atoms with Crippen molar-refractivity contribution in [1.29, 1.82) is 0 Å². The predicted molar refractivity (Wildman–Crippen MR) is 272 cm³/mol. The van der Waals surface area contributed by atoms with Crippen molar-refractivity contribution >= 4 is 0 Å². The molecule has 0 radical (unpaired) electrons. The molecule has 0 aliphatic heterocycles. The zero-order valence-corrected chi connectivity index (χ0v) is 45.6. The third-order valence-electron chi connectivity index (χ3n) is 10.4. The molecule has 0 N–H and O–H groups in total. The molecule has 0 aromatic heterocycles. The summed E-state index contributed by atoms with van der Waals surface area (Å²) in [6, 6.07) is 0. The molecule has 0 aromatic carbocycles. The van der Waals surface area contributed by atoms with Gasteiger partial charge in [0.15, 0.2) is 0 Å². The number of unbranched alkanes of at least 4 members (excludes halogenated alkanes) is 4. The van der Waals surface area contributed by atoms with Gasteiger partial charge in [-0.2, -0.15) is 0 Å². The van der Waals surface area contributed by atoms with Crippen LogP contribution < -0.4 is 0 Å². The van der Waals surface area contributed by atoms with Gasteiger partial charge in [0.05, 0.1) is 138 Å². The van der Waals surface area contributed by atoms with Crippen LogP contribution in [0.3, 0.4) is 0 Å². The molecule has 0 aromatic rings. The smallest absolute Gasteiger partial charge is 0.104 e. The molecule has 0 heterocycles. The van der Waals surface area contributed by atoms with E-state index in [1.807, 2.05) is 0 Å². The van der Waals surface area contributed by atoms with E-state index in [4.69, 9.17) is 75.8 Å². The lowest BCUT2D eigenvalue weighted by molar-refractivity contribution is -0.183. The Morgan fingerprint density at radius 2 is 0.406 bits per heavy atom. The lowest BCUT2D eigenvalue weighted by Crippen LogP contribution is -2.48.